The Hall–Kier alpha value is -4.32. The van der Waals surface area contributed by atoms with Gasteiger partial charge >= 0.3 is 5.97 Å². The number of carboxylic acids is 1. The molecule has 0 spiro atoms. The highest BCUT2D eigenvalue weighted by Crippen LogP contribution is 2.26. The van der Waals surface area contributed by atoms with Crippen LogP contribution in [0.5, 0.6) is 5.75 Å². The van der Waals surface area contributed by atoms with Crippen molar-refractivity contribution in [2.45, 2.75) is 13.5 Å². The number of amides is 1. The quantitative estimate of drug-likeness (QED) is 0.366. The molecule has 166 valence electrons. The molecule has 0 aliphatic rings. The van der Waals surface area contributed by atoms with Crippen LogP contribution in [-0.2, 0) is 11.3 Å². The van der Waals surface area contributed by atoms with Crippen LogP contribution in [0.1, 0.15) is 27.2 Å². The summed E-state index contributed by atoms with van der Waals surface area (Å²) in [5, 5.41) is 14.1. The van der Waals surface area contributed by atoms with Crippen molar-refractivity contribution in [3.63, 3.8) is 0 Å². The van der Waals surface area contributed by atoms with Crippen LogP contribution in [0.25, 0.3) is 16.8 Å². The molecule has 0 atom stereocenters. The number of nitrogens with one attached hydrogen (secondary N) is 1. The minimum Gasteiger partial charge on any atom is -0.488 e. The molecule has 1 amide bonds. The monoisotopic (exact) mass is 441 g/mol. The van der Waals surface area contributed by atoms with E-state index in [1.54, 1.807) is 43.5 Å². The van der Waals surface area contributed by atoms with E-state index in [9.17, 15) is 14.7 Å². The Kier molecular flexibility index (Phi) is 6.55. The number of carbonyl (C=O) groups excluding carboxylic acids is 1. The van der Waals surface area contributed by atoms with Crippen LogP contribution in [0.3, 0.4) is 0 Å². The van der Waals surface area contributed by atoms with Gasteiger partial charge in [-0.3, -0.25) is 4.79 Å². The standard InChI is InChI=1S/C27H23NO5/c1-18-14-19(11-12-23(18)27(30)31)15-21(26(29)28-16-22-8-5-13-32-22)17-33-25-10-4-7-20-6-2-3-9-24(20)25/h2-15H,16-17H2,1H3,(H,28,29)(H,30,31). The zero-order valence-corrected chi connectivity index (χ0v) is 18.1. The van der Waals surface area contributed by atoms with E-state index in [1.165, 1.54) is 6.07 Å². The number of rotatable bonds is 8. The SMILES string of the molecule is Cc1cc(C=C(COc2cccc3ccccc23)C(=O)NCc2ccco2)ccc1C(=O)O. The maximum atomic E-state index is 13.0. The summed E-state index contributed by atoms with van der Waals surface area (Å²) < 4.78 is 11.3. The molecule has 0 fully saturated rings. The van der Waals surface area contributed by atoms with Crippen LogP contribution < -0.4 is 10.1 Å². The number of ether oxygens (including phenoxy) is 1. The fourth-order valence-corrected chi connectivity index (χ4v) is 3.56. The molecule has 0 saturated heterocycles. The number of carbonyl (C=O) groups is 2. The molecule has 0 saturated carbocycles. The molecule has 0 radical (unpaired) electrons. The molecule has 2 N–H and O–H groups in total. The van der Waals surface area contributed by atoms with Crippen molar-refractivity contribution in [3.05, 3.63) is 107 Å². The van der Waals surface area contributed by atoms with Crippen molar-refractivity contribution in [1.29, 1.82) is 0 Å². The first kappa shape index (κ1) is 21.9. The number of hydrogen-bond acceptors (Lipinski definition) is 4. The topological polar surface area (TPSA) is 88.8 Å². The van der Waals surface area contributed by atoms with Crippen LogP contribution in [0.4, 0.5) is 0 Å². The van der Waals surface area contributed by atoms with Gasteiger partial charge in [0.2, 0.25) is 0 Å². The van der Waals surface area contributed by atoms with Gasteiger partial charge in [-0.1, -0.05) is 48.5 Å². The molecular formula is C27H23NO5. The van der Waals surface area contributed by atoms with Gasteiger partial charge in [0.25, 0.3) is 5.91 Å². The maximum absolute atomic E-state index is 13.0. The summed E-state index contributed by atoms with van der Waals surface area (Å²) in [6, 6.07) is 22.1. The molecule has 3 aromatic carbocycles. The van der Waals surface area contributed by atoms with E-state index < -0.39 is 5.97 Å². The van der Waals surface area contributed by atoms with E-state index >= 15 is 0 Å². The first-order chi connectivity index (χ1) is 16.0. The van der Waals surface area contributed by atoms with Crippen molar-refractivity contribution in [3.8, 4) is 5.75 Å². The van der Waals surface area contributed by atoms with E-state index in [1.807, 2.05) is 42.5 Å². The van der Waals surface area contributed by atoms with Crippen molar-refractivity contribution < 1.29 is 23.8 Å². The van der Waals surface area contributed by atoms with Gasteiger partial charge in [0, 0.05) is 5.39 Å². The third kappa shape index (κ3) is 5.30. The first-order valence-corrected chi connectivity index (χ1v) is 10.5. The molecule has 6 heteroatoms. The summed E-state index contributed by atoms with van der Waals surface area (Å²) in [6.45, 7) is 2.01. The Morgan fingerprint density at radius 2 is 1.85 bits per heavy atom. The number of carboxylic acid groups (broad SMARTS) is 1. The van der Waals surface area contributed by atoms with Gasteiger partial charge in [0.05, 0.1) is 23.9 Å². The molecule has 0 aliphatic carbocycles. The smallest absolute Gasteiger partial charge is 0.335 e. The van der Waals surface area contributed by atoms with E-state index in [0.717, 1.165) is 10.8 Å². The largest absolute Gasteiger partial charge is 0.488 e. The third-order valence-corrected chi connectivity index (χ3v) is 5.25. The Morgan fingerprint density at radius 1 is 1.03 bits per heavy atom. The number of aryl methyl sites for hydroxylation is 1. The van der Waals surface area contributed by atoms with Gasteiger partial charge in [-0.25, -0.2) is 4.79 Å². The Bertz CT molecular complexity index is 1320. The third-order valence-electron chi connectivity index (χ3n) is 5.25. The van der Waals surface area contributed by atoms with Crippen LogP contribution >= 0.6 is 0 Å². The summed E-state index contributed by atoms with van der Waals surface area (Å²) in [6.07, 6.45) is 3.26. The molecule has 0 unspecified atom stereocenters. The molecule has 4 aromatic rings. The van der Waals surface area contributed by atoms with Gasteiger partial charge < -0.3 is 19.6 Å². The Morgan fingerprint density at radius 3 is 2.61 bits per heavy atom. The van der Waals surface area contributed by atoms with Gasteiger partial charge in [-0.15, -0.1) is 0 Å². The Labute approximate surface area is 191 Å². The molecule has 1 heterocycles. The van der Waals surface area contributed by atoms with E-state index in [2.05, 4.69) is 5.32 Å². The second-order valence-electron chi connectivity index (χ2n) is 7.58. The molecule has 0 aliphatic heterocycles. The van der Waals surface area contributed by atoms with Gasteiger partial charge in [-0.05, 0) is 53.8 Å². The highest BCUT2D eigenvalue weighted by molar-refractivity contribution is 5.98. The summed E-state index contributed by atoms with van der Waals surface area (Å²) >= 11 is 0. The fourth-order valence-electron chi connectivity index (χ4n) is 3.56. The number of hydrogen-bond donors (Lipinski definition) is 2. The predicted octanol–water partition coefficient (Wildman–Crippen LogP) is 5.22. The lowest BCUT2D eigenvalue weighted by atomic mass is 10.0. The summed E-state index contributed by atoms with van der Waals surface area (Å²) in [5.74, 6) is 0.0277. The van der Waals surface area contributed by atoms with Crippen LogP contribution in [-0.4, -0.2) is 23.6 Å². The highest BCUT2D eigenvalue weighted by atomic mass is 16.5. The second kappa shape index (κ2) is 9.87. The lowest BCUT2D eigenvalue weighted by Gasteiger charge is -2.13. The van der Waals surface area contributed by atoms with Crippen molar-refractivity contribution in [2.75, 3.05) is 6.61 Å². The van der Waals surface area contributed by atoms with Gasteiger partial charge in [0.15, 0.2) is 0 Å². The number of fused-ring (bicyclic) bond motifs is 1. The Balaban J connectivity index is 1.60. The van der Waals surface area contributed by atoms with Crippen molar-refractivity contribution in [1.82, 2.24) is 5.32 Å². The van der Waals surface area contributed by atoms with Gasteiger partial charge in [-0.2, -0.15) is 0 Å². The van der Waals surface area contributed by atoms with E-state index in [4.69, 9.17) is 9.15 Å². The van der Waals surface area contributed by atoms with Crippen LogP contribution in [0, 0.1) is 6.92 Å². The lowest BCUT2D eigenvalue weighted by molar-refractivity contribution is -0.118. The van der Waals surface area contributed by atoms with Crippen LogP contribution in [0.15, 0.2) is 89.0 Å². The zero-order chi connectivity index (χ0) is 23.2. The van der Waals surface area contributed by atoms with Crippen LogP contribution in [0.2, 0.25) is 0 Å². The average molecular weight is 441 g/mol. The molecule has 1 aromatic heterocycles. The lowest BCUT2D eigenvalue weighted by Crippen LogP contribution is -2.27. The zero-order valence-electron chi connectivity index (χ0n) is 18.1. The highest BCUT2D eigenvalue weighted by Gasteiger charge is 2.14. The molecular weight excluding hydrogens is 418 g/mol. The average Bonchev–Trinajstić information content (AvgIpc) is 3.33. The minimum absolute atomic E-state index is 0.0394. The fraction of sp³-hybridized carbons (Fsp3) is 0.111. The van der Waals surface area contributed by atoms with E-state index in [0.29, 0.717) is 28.2 Å². The van der Waals surface area contributed by atoms with Crippen molar-refractivity contribution in [2.24, 2.45) is 0 Å². The molecule has 0 bridgehead atoms. The second-order valence-corrected chi connectivity index (χ2v) is 7.58. The normalized spacial score (nSPS) is 11.4. The predicted molar refractivity (Wildman–Crippen MR) is 126 cm³/mol. The van der Waals surface area contributed by atoms with Gasteiger partial charge in [0.1, 0.15) is 18.1 Å². The molecule has 4 rings (SSSR count). The molecule has 33 heavy (non-hydrogen) atoms. The summed E-state index contributed by atoms with van der Waals surface area (Å²) in [7, 11) is 0. The number of aromatic carboxylic acids is 1. The maximum Gasteiger partial charge on any atom is 0.335 e. The number of furan rings is 1. The minimum atomic E-state index is -0.987. The first-order valence-electron chi connectivity index (χ1n) is 10.5. The summed E-state index contributed by atoms with van der Waals surface area (Å²) in [4.78, 5) is 24.3. The van der Waals surface area contributed by atoms with E-state index in [-0.39, 0.29) is 24.6 Å². The summed E-state index contributed by atoms with van der Waals surface area (Å²) in [5.41, 5.74) is 1.95. The van der Waals surface area contributed by atoms with Crippen molar-refractivity contribution >= 4 is 28.7 Å². The molecule has 6 nitrogen and oxygen atoms in total. The number of benzene rings is 3.